The predicted molar refractivity (Wildman–Crippen MR) is 55.3 cm³/mol. The van der Waals surface area contributed by atoms with Crippen LogP contribution in [-0.2, 0) is 19.0 Å². The van der Waals surface area contributed by atoms with Crippen molar-refractivity contribution in [3.63, 3.8) is 0 Å². The Bertz CT molecular complexity index is 344. The zero-order valence-corrected chi connectivity index (χ0v) is 9.57. The molecule has 0 saturated carbocycles. The van der Waals surface area contributed by atoms with Crippen molar-refractivity contribution in [3.05, 3.63) is 0 Å². The Morgan fingerprint density at radius 3 is 2.82 bits per heavy atom. The molecular formula is C10H15NO6. The summed E-state index contributed by atoms with van der Waals surface area (Å²) in [6, 6.07) is -0.626. The Morgan fingerprint density at radius 1 is 1.47 bits per heavy atom. The normalized spacial score (nSPS) is 40.2. The lowest BCUT2D eigenvalue weighted by molar-refractivity contribution is -0.236. The highest BCUT2D eigenvalue weighted by atomic mass is 16.7. The number of aliphatic imine (C=N–C) groups is 1. The number of aliphatic hydroxyl groups excluding tert-OH is 2. The third-order valence-electron chi connectivity index (χ3n) is 2.74. The van der Waals surface area contributed by atoms with Gasteiger partial charge in [0.05, 0.1) is 0 Å². The van der Waals surface area contributed by atoms with Crippen LogP contribution in [0.5, 0.6) is 0 Å². The smallest absolute Gasteiger partial charge is 0.302 e. The van der Waals surface area contributed by atoms with Crippen LogP contribution in [0, 0.1) is 0 Å². The van der Waals surface area contributed by atoms with Gasteiger partial charge >= 0.3 is 5.97 Å². The molecular weight excluding hydrogens is 230 g/mol. The van der Waals surface area contributed by atoms with E-state index in [1.54, 1.807) is 6.92 Å². The molecule has 0 aromatic heterocycles. The summed E-state index contributed by atoms with van der Waals surface area (Å²) in [5, 5.41) is 19.6. The summed E-state index contributed by atoms with van der Waals surface area (Å²) >= 11 is 0. The SMILES string of the molecule is CC(=O)OCC1OC2OC(C)=NC2C(O)C1O. The van der Waals surface area contributed by atoms with Crippen molar-refractivity contribution >= 4 is 11.9 Å². The maximum Gasteiger partial charge on any atom is 0.302 e. The summed E-state index contributed by atoms with van der Waals surface area (Å²) < 4.78 is 15.4. The number of nitrogens with zero attached hydrogens (tertiary/aromatic N) is 1. The average molecular weight is 245 g/mol. The van der Waals surface area contributed by atoms with Crippen molar-refractivity contribution in [2.24, 2.45) is 4.99 Å². The van der Waals surface area contributed by atoms with Gasteiger partial charge in [0.1, 0.15) is 31.0 Å². The van der Waals surface area contributed by atoms with Gasteiger partial charge in [0, 0.05) is 13.8 Å². The van der Waals surface area contributed by atoms with E-state index in [2.05, 4.69) is 4.99 Å². The second-order valence-electron chi connectivity index (χ2n) is 4.08. The molecule has 1 fully saturated rings. The van der Waals surface area contributed by atoms with E-state index >= 15 is 0 Å². The van der Waals surface area contributed by atoms with Crippen molar-refractivity contribution in [2.75, 3.05) is 6.61 Å². The van der Waals surface area contributed by atoms with E-state index in [9.17, 15) is 15.0 Å². The Kier molecular flexibility index (Phi) is 3.32. The van der Waals surface area contributed by atoms with E-state index in [-0.39, 0.29) is 6.61 Å². The summed E-state index contributed by atoms with van der Waals surface area (Å²) in [5.74, 6) is -0.0726. The molecule has 17 heavy (non-hydrogen) atoms. The number of fused-ring (bicyclic) bond motifs is 1. The molecule has 2 heterocycles. The van der Waals surface area contributed by atoms with Crippen LogP contribution in [0.4, 0.5) is 0 Å². The van der Waals surface area contributed by atoms with Crippen molar-refractivity contribution in [1.29, 1.82) is 0 Å². The van der Waals surface area contributed by atoms with Crippen molar-refractivity contribution in [2.45, 2.75) is 44.5 Å². The lowest BCUT2D eigenvalue weighted by Gasteiger charge is -2.37. The van der Waals surface area contributed by atoms with E-state index in [0.717, 1.165) is 0 Å². The quantitative estimate of drug-likeness (QED) is 0.594. The number of carbonyl (C=O) groups is 1. The highest BCUT2D eigenvalue weighted by molar-refractivity contribution is 5.75. The molecule has 0 bridgehead atoms. The van der Waals surface area contributed by atoms with Crippen molar-refractivity contribution in [3.8, 4) is 0 Å². The Balaban J connectivity index is 2.01. The van der Waals surface area contributed by atoms with Gasteiger partial charge in [0.25, 0.3) is 0 Å². The molecule has 2 aliphatic heterocycles. The minimum atomic E-state index is -1.16. The predicted octanol–water partition coefficient (Wildman–Crippen LogP) is -1.19. The number of ether oxygens (including phenoxy) is 3. The summed E-state index contributed by atoms with van der Waals surface area (Å²) in [4.78, 5) is 14.7. The number of aliphatic hydroxyl groups is 2. The Labute approximate surface area is 98.0 Å². The van der Waals surface area contributed by atoms with Gasteiger partial charge in [-0.15, -0.1) is 0 Å². The summed E-state index contributed by atoms with van der Waals surface area (Å²) in [6.45, 7) is 2.77. The van der Waals surface area contributed by atoms with Gasteiger partial charge in [-0.25, -0.2) is 4.99 Å². The first-order valence-electron chi connectivity index (χ1n) is 5.35. The molecule has 0 aromatic carbocycles. The zero-order valence-electron chi connectivity index (χ0n) is 9.57. The summed E-state index contributed by atoms with van der Waals surface area (Å²) in [7, 11) is 0. The second-order valence-corrected chi connectivity index (χ2v) is 4.08. The summed E-state index contributed by atoms with van der Waals surface area (Å²) in [6.07, 6.45) is -3.79. The first-order chi connectivity index (χ1) is 7.99. The van der Waals surface area contributed by atoms with Gasteiger partial charge in [-0.1, -0.05) is 0 Å². The first-order valence-corrected chi connectivity index (χ1v) is 5.35. The third kappa shape index (κ3) is 2.41. The molecule has 2 aliphatic rings. The van der Waals surface area contributed by atoms with Crippen molar-refractivity contribution in [1.82, 2.24) is 0 Å². The monoisotopic (exact) mass is 245 g/mol. The molecule has 0 aliphatic carbocycles. The maximum absolute atomic E-state index is 10.7. The molecule has 0 radical (unpaired) electrons. The maximum atomic E-state index is 10.7. The number of carbonyl (C=O) groups excluding carboxylic acids is 1. The standard InChI is InChI=1S/C10H15NO6/c1-4-11-7-9(14)8(13)6(3-15-5(2)12)17-10(7)16-4/h6-10,13-14H,3H2,1-2H3. The van der Waals surface area contributed by atoms with Crippen LogP contribution in [0.2, 0.25) is 0 Å². The number of rotatable bonds is 2. The van der Waals surface area contributed by atoms with Crippen LogP contribution in [0.25, 0.3) is 0 Å². The largest absolute Gasteiger partial charge is 0.463 e. The zero-order chi connectivity index (χ0) is 12.6. The molecule has 2 rings (SSSR count). The van der Waals surface area contributed by atoms with Gasteiger partial charge in [-0.05, 0) is 0 Å². The molecule has 1 saturated heterocycles. The molecule has 7 heteroatoms. The Morgan fingerprint density at radius 2 is 2.18 bits per heavy atom. The highest BCUT2D eigenvalue weighted by Crippen LogP contribution is 2.28. The Hall–Kier alpha value is -1.18. The molecule has 5 unspecified atom stereocenters. The third-order valence-corrected chi connectivity index (χ3v) is 2.74. The lowest BCUT2D eigenvalue weighted by atomic mass is 9.98. The van der Waals surface area contributed by atoms with Gasteiger partial charge in [0.2, 0.25) is 6.29 Å². The molecule has 2 N–H and O–H groups in total. The van der Waals surface area contributed by atoms with E-state index < -0.39 is 36.6 Å². The van der Waals surface area contributed by atoms with Crippen LogP contribution in [0.3, 0.4) is 0 Å². The number of hydrogen-bond donors (Lipinski definition) is 2. The molecule has 0 spiro atoms. The second kappa shape index (κ2) is 4.59. The molecule has 0 amide bonds. The summed E-state index contributed by atoms with van der Waals surface area (Å²) in [5.41, 5.74) is 0. The fraction of sp³-hybridized carbons (Fsp3) is 0.800. The van der Waals surface area contributed by atoms with Gasteiger partial charge in [0.15, 0.2) is 5.90 Å². The minimum absolute atomic E-state index is 0.126. The molecule has 0 aromatic rings. The molecule has 96 valence electrons. The van der Waals surface area contributed by atoms with Crippen LogP contribution >= 0.6 is 0 Å². The van der Waals surface area contributed by atoms with E-state index in [1.807, 2.05) is 0 Å². The minimum Gasteiger partial charge on any atom is -0.463 e. The fourth-order valence-corrected chi connectivity index (χ4v) is 1.90. The van der Waals surface area contributed by atoms with Crippen LogP contribution in [0.15, 0.2) is 4.99 Å². The number of esters is 1. The number of hydrogen-bond acceptors (Lipinski definition) is 7. The first kappa shape index (κ1) is 12.3. The van der Waals surface area contributed by atoms with Crippen molar-refractivity contribution < 1.29 is 29.2 Å². The average Bonchev–Trinajstić information content (AvgIpc) is 2.62. The lowest BCUT2D eigenvalue weighted by Crippen LogP contribution is -2.57. The van der Waals surface area contributed by atoms with E-state index in [1.165, 1.54) is 6.92 Å². The highest BCUT2D eigenvalue weighted by Gasteiger charge is 2.48. The molecule has 7 nitrogen and oxygen atoms in total. The van der Waals surface area contributed by atoms with Crippen LogP contribution in [0.1, 0.15) is 13.8 Å². The van der Waals surface area contributed by atoms with Gasteiger partial charge in [-0.2, -0.15) is 0 Å². The van der Waals surface area contributed by atoms with E-state index in [0.29, 0.717) is 5.90 Å². The topological polar surface area (TPSA) is 97.6 Å². The van der Waals surface area contributed by atoms with Crippen LogP contribution < -0.4 is 0 Å². The van der Waals surface area contributed by atoms with Crippen LogP contribution in [-0.4, -0.2) is 59.3 Å². The fourth-order valence-electron chi connectivity index (χ4n) is 1.90. The molecule has 5 atom stereocenters. The van der Waals surface area contributed by atoms with Gasteiger partial charge < -0.3 is 24.4 Å². The van der Waals surface area contributed by atoms with E-state index in [4.69, 9.17) is 14.2 Å². The van der Waals surface area contributed by atoms with Gasteiger partial charge in [-0.3, -0.25) is 4.79 Å².